The third kappa shape index (κ3) is 2.55. The Morgan fingerprint density at radius 1 is 1.17 bits per heavy atom. The van der Waals surface area contributed by atoms with Gasteiger partial charge < -0.3 is 0 Å². The number of nitrogens with zero attached hydrogens (tertiary/aromatic N) is 3. The van der Waals surface area contributed by atoms with E-state index >= 15 is 0 Å². The molecule has 1 N–H and O–H groups in total. The van der Waals surface area contributed by atoms with Crippen LogP contribution in [0.2, 0.25) is 0 Å². The van der Waals surface area contributed by atoms with Gasteiger partial charge in [-0.1, -0.05) is 53.8 Å². The molecule has 0 aliphatic carbocycles. The van der Waals surface area contributed by atoms with E-state index in [9.17, 15) is 4.79 Å². The Balaban J connectivity index is 1.57. The predicted octanol–water partition coefficient (Wildman–Crippen LogP) is 3.74. The first-order valence-corrected chi connectivity index (χ1v) is 8.53. The Morgan fingerprint density at radius 2 is 1.96 bits per heavy atom. The Bertz CT molecular complexity index is 1060. The monoisotopic (exact) mass is 336 g/mol. The smallest absolute Gasteiger partial charge is 0.250 e. The van der Waals surface area contributed by atoms with Gasteiger partial charge in [0.15, 0.2) is 0 Å². The first kappa shape index (κ1) is 14.8. The Labute approximate surface area is 143 Å². The third-order valence-electron chi connectivity index (χ3n) is 4.13. The summed E-state index contributed by atoms with van der Waals surface area (Å²) in [5.74, 6) is 0.244. The van der Waals surface area contributed by atoms with Crippen molar-refractivity contribution in [3.8, 4) is 0 Å². The summed E-state index contributed by atoms with van der Waals surface area (Å²) in [6.07, 6.45) is 0.298. The average molecular weight is 336 g/mol. The van der Waals surface area contributed by atoms with Crippen molar-refractivity contribution in [3.05, 3.63) is 58.6 Å². The summed E-state index contributed by atoms with van der Waals surface area (Å²) in [5.41, 5.74) is 2.05. The molecule has 24 heavy (non-hydrogen) atoms. The number of amides is 1. The molecule has 4 rings (SSSR count). The molecule has 0 saturated carbocycles. The summed E-state index contributed by atoms with van der Waals surface area (Å²) in [4.78, 5) is 18.7. The van der Waals surface area contributed by atoms with Crippen molar-refractivity contribution in [3.63, 3.8) is 0 Å². The van der Waals surface area contributed by atoms with Gasteiger partial charge in [-0.15, -0.1) is 5.10 Å². The number of thiazole rings is 1. The van der Waals surface area contributed by atoms with E-state index in [1.165, 1.54) is 4.88 Å². The van der Waals surface area contributed by atoms with E-state index in [2.05, 4.69) is 15.4 Å². The van der Waals surface area contributed by atoms with Crippen molar-refractivity contribution < 1.29 is 4.79 Å². The zero-order chi connectivity index (χ0) is 16.7. The van der Waals surface area contributed by atoms with Gasteiger partial charge in [0.1, 0.15) is 0 Å². The molecule has 0 aliphatic heterocycles. The van der Waals surface area contributed by atoms with Crippen molar-refractivity contribution in [2.45, 2.75) is 20.3 Å². The molecule has 6 heteroatoms. The summed E-state index contributed by atoms with van der Waals surface area (Å²) in [7, 11) is 0. The number of benzene rings is 2. The van der Waals surface area contributed by atoms with Crippen LogP contribution in [-0.4, -0.2) is 20.5 Å². The second kappa shape index (κ2) is 5.72. The van der Waals surface area contributed by atoms with Crippen molar-refractivity contribution in [2.75, 3.05) is 5.32 Å². The van der Waals surface area contributed by atoms with Gasteiger partial charge in [0.25, 0.3) is 0 Å². The number of rotatable bonds is 3. The number of hydrogen-bond acceptors (Lipinski definition) is 4. The highest BCUT2D eigenvalue weighted by Gasteiger charge is 2.13. The Hall–Kier alpha value is -2.73. The van der Waals surface area contributed by atoms with E-state index < -0.39 is 0 Å². The van der Waals surface area contributed by atoms with Crippen molar-refractivity contribution >= 4 is 38.9 Å². The molecular weight excluding hydrogens is 320 g/mol. The molecule has 4 aromatic rings. The molecule has 0 aliphatic rings. The summed E-state index contributed by atoms with van der Waals surface area (Å²) >= 11 is 1.57. The third-order valence-corrected chi connectivity index (χ3v) is 5.18. The van der Waals surface area contributed by atoms with Gasteiger partial charge in [0.05, 0.1) is 12.1 Å². The number of anilines is 1. The van der Waals surface area contributed by atoms with Crippen LogP contribution in [0.3, 0.4) is 0 Å². The van der Waals surface area contributed by atoms with Crippen LogP contribution in [0, 0.1) is 13.8 Å². The number of nitrogens with one attached hydrogen (secondary N) is 1. The molecule has 5 nitrogen and oxygen atoms in total. The van der Waals surface area contributed by atoms with Crippen LogP contribution in [0.4, 0.5) is 5.95 Å². The maximum absolute atomic E-state index is 12.4. The van der Waals surface area contributed by atoms with Gasteiger partial charge in [-0.2, -0.15) is 4.98 Å². The fourth-order valence-corrected chi connectivity index (χ4v) is 3.69. The van der Waals surface area contributed by atoms with Crippen LogP contribution >= 0.6 is 11.3 Å². The molecule has 2 aromatic carbocycles. The molecule has 0 radical (unpaired) electrons. The maximum Gasteiger partial charge on any atom is 0.250 e. The molecule has 2 heterocycles. The standard InChI is InChI=1S/C18H16N4OS/c1-11-12(2)24-18-20-17(21-22(11)18)19-16(23)10-14-8-5-7-13-6-3-4-9-15(13)14/h3-9H,10H2,1-2H3,(H,19,21,23). The van der Waals surface area contributed by atoms with E-state index in [1.54, 1.807) is 15.9 Å². The minimum Gasteiger partial charge on any atom is -0.293 e. The van der Waals surface area contributed by atoms with Gasteiger partial charge in [0.2, 0.25) is 16.8 Å². The molecule has 120 valence electrons. The van der Waals surface area contributed by atoms with Crippen LogP contribution < -0.4 is 5.32 Å². The van der Waals surface area contributed by atoms with E-state index in [4.69, 9.17) is 0 Å². The minimum absolute atomic E-state index is 0.112. The summed E-state index contributed by atoms with van der Waals surface area (Å²) < 4.78 is 1.77. The quantitative estimate of drug-likeness (QED) is 0.620. The summed E-state index contributed by atoms with van der Waals surface area (Å²) in [5, 5.41) is 9.39. The summed E-state index contributed by atoms with van der Waals surface area (Å²) in [6.45, 7) is 4.03. The van der Waals surface area contributed by atoms with E-state index in [1.807, 2.05) is 56.3 Å². The number of aryl methyl sites for hydroxylation is 2. The normalized spacial score (nSPS) is 11.2. The number of fused-ring (bicyclic) bond motifs is 2. The highest BCUT2D eigenvalue weighted by atomic mass is 32.1. The minimum atomic E-state index is -0.112. The predicted molar refractivity (Wildman–Crippen MR) is 96.6 cm³/mol. The fourth-order valence-electron chi connectivity index (χ4n) is 2.78. The van der Waals surface area contributed by atoms with E-state index in [-0.39, 0.29) is 5.91 Å². The van der Waals surface area contributed by atoms with E-state index in [0.717, 1.165) is 27.0 Å². The number of carbonyl (C=O) groups is 1. The van der Waals surface area contributed by atoms with Gasteiger partial charge >= 0.3 is 0 Å². The van der Waals surface area contributed by atoms with Crippen LogP contribution in [0.1, 0.15) is 16.1 Å². The van der Waals surface area contributed by atoms with Crippen LogP contribution in [0.25, 0.3) is 15.7 Å². The highest BCUT2D eigenvalue weighted by molar-refractivity contribution is 7.17. The SMILES string of the molecule is Cc1sc2nc(NC(=O)Cc3cccc4ccccc34)nn2c1C. The van der Waals surface area contributed by atoms with Crippen LogP contribution in [-0.2, 0) is 11.2 Å². The molecule has 2 aromatic heterocycles. The van der Waals surface area contributed by atoms with Crippen molar-refractivity contribution in [1.82, 2.24) is 14.6 Å². The first-order chi connectivity index (χ1) is 11.6. The maximum atomic E-state index is 12.4. The molecule has 0 spiro atoms. The van der Waals surface area contributed by atoms with Gasteiger partial charge in [-0.3, -0.25) is 10.1 Å². The van der Waals surface area contributed by atoms with Crippen LogP contribution in [0.5, 0.6) is 0 Å². The van der Waals surface area contributed by atoms with Crippen molar-refractivity contribution in [1.29, 1.82) is 0 Å². The lowest BCUT2D eigenvalue weighted by atomic mass is 10.0. The molecule has 0 unspecified atom stereocenters. The Morgan fingerprint density at radius 3 is 2.79 bits per heavy atom. The second-order valence-corrected chi connectivity index (χ2v) is 6.92. The highest BCUT2D eigenvalue weighted by Crippen LogP contribution is 2.22. The molecule has 0 saturated heterocycles. The molecule has 0 fully saturated rings. The fraction of sp³-hybridized carbons (Fsp3) is 0.167. The lowest BCUT2D eigenvalue weighted by molar-refractivity contribution is -0.115. The number of hydrogen-bond donors (Lipinski definition) is 1. The first-order valence-electron chi connectivity index (χ1n) is 7.71. The van der Waals surface area contributed by atoms with Gasteiger partial charge in [-0.05, 0) is 30.2 Å². The topological polar surface area (TPSA) is 59.3 Å². The number of carbonyl (C=O) groups excluding carboxylic acids is 1. The molecular formula is C18H16N4OS. The largest absolute Gasteiger partial charge is 0.293 e. The lowest BCUT2D eigenvalue weighted by Gasteiger charge is -2.06. The summed E-state index contributed by atoms with van der Waals surface area (Å²) in [6, 6.07) is 14.1. The molecule has 1 amide bonds. The van der Waals surface area contributed by atoms with E-state index in [0.29, 0.717) is 12.4 Å². The lowest BCUT2D eigenvalue weighted by Crippen LogP contribution is -2.15. The second-order valence-electron chi connectivity index (χ2n) is 5.74. The average Bonchev–Trinajstić information content (AvgIpc) is 3.07. The zero-order valence-corrected chi connectivity index (χ0v) is 14.2. The zero-order valence-electron chi connectivity index (χ0n) is 13.4. The Kier molecular flexibility index (Phi) is 3.54. The molecule has 0 atom stereocenters. The van der Waals surface area contributed by atoms with Gasteiger partial charge in [-0.25, -0.2) is 4.52 Å². The van der Waals surface area contributed by atoms with Crippen molar-refractivity contribution in [2.24, 2.45) is 0 Å². The molecule has 0 bridgehead atoms. The number of aromatic nitrogens is 3. The van der Waals surface area contributed by atoms with Crippen LogP contribution in [0.15, 0.2) is 42.5 Å². The van der Waals surface area contributed by atoms with Gasteiger partial charge in [0, 0.05) is 4.88 Å².